The highest BCUT2D eigenvalue weighted by molar-refractivity contribution is 5.83. The van der Waals surface area contributed by atoms with Crippen LogP contribution < -0.4 is 16.2 Å². The lowest BCUT2D eigenvalue weighted by atomic mass is 9.79. The molecule has 1 aliphatic rings. The first kappa shape index (κ1) is 27.9. The Balaban J connectivity index is 1.43. The fourth-order valence-corrected chi connectivity index (χ4v) is 4.60. The molecule has 0 saturated carbocycles. The quantitative estimate of drug-likeness (QED) is 0.275. The third-order valence-corrected chi connectivity index (χ3v) is 6.99. The summed E-state index contributed by atoms with van der Waals surface area (Å²) >= 11 is 0. The second-order valence-corrected chi connectivity index (χ2v) is 11.3. The van der Waals surface area contributed by atoms with Crippen molar-refractivity contribution in [2.24, 2.45) is 16.9 Å². The molecule has 0 heterocycles. The van der Waals surface area contributed by atoms with Crippen LogP contribution in [0.15, 0.2) is 48.5 Å². The molecule has 0 spiro atoms. The van der Waals surface area contributed by atoms with Crippen molar-refractivity contribution in [3.63, 3.8) is 0 Å². The molecule has 36 heavy (non-hydrogen) atoms. The van der Waals surface area contributed by atoms with Crippen LogP contribution in [0, 0.1) is 5.41 Å². The van der Waals surface area contributed by atoms with Crippen LogP contribution in [0.25, 0.3) is 11.6 Å². The van der Waals surface area contributed by atoms with Gasteiger partial charge in [0, 0.05) is 17.1 Å². The Morgan fingerprint density at radius 1 is 0.944 bits per heavy atom. The maximum atomic E-state index is 12.6. The van der Waals surface area contributed by atoms with Crippen molar-refractivity contribution in [2.45, 2.75) is 84.2 Å². The van der Waals surface area contributed by atoms with Crippen LogP contribution in [-0.2, 0) is 16.0 Å². The van der Waals surface area contributed by atoms with Crippen LogP contribution in [0.1, 0.15) is 82.9 Å². The normalized spacial score (nSPS) is 14.9. The topological polar surface area (TPSA) is 87.6 Å². The zero-order chi connectivity index (χ0) is 26.2. The van der Waals surface area contributed by atoms with Crippen molar-refractivity contribution in [1.29, 1.82) is 0 Å². The molecule has 5 nitrogen and oxygen atoms in total. The van der Waals surface area contributed by atoms with Crippen LogP contribution in [-0.4, -0.2) is 30.8 Å². The third-order valence-electron chi connectivity index (χ3n) is 6.99. The highest BCUT2D eigenvalue weighted by Gasteiger charge is 2.38. The Bertz CT molecular complexity index is 1020. The lowest BCUT2D eigenvalue weighted by Crippen LogP contribution is -2.50. The highest BCUT2D eigenvalue weighted by Crippen LogP contribution is 2.34. The van der Waals surface area contributed by atoms with E-state index >= 15 is 0 Å². The van der Waals surface area contributed by atoms with E-state index in [2.05, 4.69) is 54.6 Å². The second-order valence-electron chi connectivity index (χ2n) is 11.3. The average Bonchev–Trinajstić information content (AvgIpc) is 3.06. The van der Waals surface area contributed by atoms with Gasteiger partial charge in [-0.1, -0.05) is 48.5 Å². The molecule has 2 aromatic carbocycles. The SMILES string of the molecule is CC(C)(N)CC(N)C(C)(C)C(=O)OCCCCCOc1cccc2c1CCCC(c1ccccc1)=C2. The number of carbonyl (C=O) groups excluding carboxylic acids is 1. The van der Waals surface area contributed by atoms with Crippen molar-refractivity contribution in [3.05, 3.63) is 65.2 Å². The number of hydrogen-bond acceptors (Lipinski definition) is 5. The molecule has 5 heteroatoms. The van der Waals surface area contributed by atoms with E-state index in [1.807, 2.05) is 27.7 Å². The van der Waals surface area contributed by atoms with Gasteiger partial charge >= 0.3 is 5.97 Å². The zero-order valence-corrected chi connectivity index (χ0v) is 22.5. The number of rotatable bonds is 12. The van der Waals surface area contributed by atoms with E-state index in [0.717, 1.165) is 44.3 Å². The predicted molar refractivity (Wildman–Crippen MR) is 149 cm³/mol. The molecule has 0 aliphatic heterocycles. The molecule has 1 atom stereocenters. The number of nitrogens with two attached hydrogens (primary N) is 2. The maximum absolute atomic E-state index is 12.6. The summed E-state index contributed by atoms with van der Waals surface area (Å²) in [5.74, 6) is 0.730. The molecule has 4 N–H and O–H groups in total. The van der Waals surface area contributed by atoms with Crippen LogP contribution in [0.5, 0.6) is 5.75 Å². The molecular weight excluding hydrogens is 448 g/mol. The number of esters is 1. The number of benzene rings is 2. The van der Waals surface area contributed by atoms with Gasteiger partial charge in [-0.2, -0.15) is 0 Å². The summed E-state index contributed by atoms with van der Waals surface area (Å²) in [5.41, 5.74) is 16.4. The van der Waals surface area contributed by atoms with Crippen molar-refractivity contribution in [1.82, 2.24) is 0 Å². The first-order valence-corrected chi connectivity index (χ1v) is 13.3. The van der Waals surface area contributed by atoms with Gasteiger partial charge in [-0.3, -0.25) is 4.79 Å². The predicted octanol–water partition coefficient (Wildman–Crippen LogP) is 6.14. The van der Waals surface area contributed by atoms with Crippen molar-refractivity contribution in [2.75, 3.05) is 13.2 Å². The number of allylic oxidation sites excluding steroid dienone is 1. The van der Waals surface area contributed by atoms with Gasteiger partial charge in [-0.15, -0.1) is 0 Å². The highest BCUT2D eigenvalue weighted by atomic mass is 16.5. The second kappa shape index (κ2) is 12.6. The molecule has 1 unspecified atom stereocenters. The summed E-state index contributed by atoms with van der Waals surface area (Å²) in [6, 6.07) is 16.6. The molecule has 196 valence electrons. The van der Waals surface area contributed by atoms with Gasteiger partial charge in [0.25, 0.3) is 0 Å². The Labute approximate surface area is 217 Å². The van der Waals surface area contributed by atoms with Gasteiger partial charge in [0.2, 0.25) is 0 Å². The van der Waals surface area contributed by atoms with Gasteiger partial charge < -0.3 is 20.9 Å². The lowest BCUT2D eigenvalue weighted by molar-refractivity contribution is -0.155. The van der Waals surface area contributed by atoms with E-state index in [-0.39, 0.29) is 12.0 Å². The monoisotopic (exact) mass is 492 g/mol. The molecule has 0 radical (unpaired) electrons. The molecule has 3 rings (SSSR count). The first-order chi connectivity index (χ1) is 17.1. The molecule has 0 fully saturated rings. The van der Waals surface area contributed by atoms with Crippen molar-refractivity contribution >= 4 is 17.6 Å². The fraction of sp³-hybridized carbons (Fsp3) is 0.516. The minimum atomic E-state index is -0.764. The first-order valence-electron chi connectivity index (χ1n) is 13.3. The van der Waals surface area contributed by atoms with Crippen LogP contribution in [0.3, 0.4) is 0 Å². The molecule has 0 saturated heterocycles. The minimum Gasteiger partial charge on any atom is -0.493 e. The van der Waals surface area contributed by atoms with Gasteiger partial charge in [0.1, 0.15) is 5.75 Å². The van der Waals surface area contributed by atoms with Crippen molar-refractivity contribution < 1.29 is 14.3 Å². The zero-order valence-electron chi connectivity index (χ0n) is 22.5. The number of hydrogen-bond donors (Lipinski definition) is 2. The van der Waals surface area contributed by atoms with Crippen molar-refractivity contribution in [3.8, 4) is 5.75 Å². The van der Waals surface area contributed by atoms with Gasteiger partial charge in [-0.25, -0.2) is 0 Å². The van der Waals surface area contributed by atoms with Crippen LogP contribution >= 0.6 is 0 Å². The number of fused-ring (bicyclic) bond motifs is 1. The maximum Gasteiger partial charge on any atom is 0.313 e. The number of ether oxygens (including phenoxy) is 2. The van der Waals surface area contributed by atoms with Gasteiger partial charge in [0.15, 0.2) is 0 Å². The smallest absolute Gasteiger partial charge is 0.313 e. The van der Waals surface area contributed by atoms with Gasteiger partial charge in [-0.05, 0) is 95.4 Å². The summed E-state index contributed by atoms with van der Waals surface area (Å²) < 4.78 is 11.7. The summed E-state index contributed by atoms with van der Waals surface area (Å²) in [6.07, 6.45) is 8.73. The largest absolute Gasteiger partial charge is 0.493 e. The number of unbranched alkanes of at least 4 members (excludes halogenated alkanes) is 2. The average molecular weight is 493 g/mol. The molecule has 0 amide bonds. The standard InChI is InChI=1S/C31H44N2O3/c1-30(2,33)22-28(32)31(3,4)29(34)36-20-10-6-9-19-35-27-18-12-16-25-21-24(15-11-17-26(25)27)23-13-7-5-8-14-23/h5,7-8,12-14,16,18,21,28H,6,9-11,15,17,19-20,22,32-33H2,1-4H3. The minimum absolute atomic E-state index is 0.259. The summed E-state index contributed by atoms with van der Waals surface area (Å²) in [6.45, 7) is 8.56. The van der Waals surface area contributed by atoms with E-state index in [0.29, 0.717) is 19.6 Å². The van der Waals surface area contributed by atoms with E-state index in [1.54, 1.807) is 0 Å². The van der Waals surface area contributed by atoms with E-state index in [9.17, 15) is 4.79 Å². The molecule has 2 aromatic rings. The van der Waals surface area contributed by atoms with Crippen LogP contribution in [0.2, 0.25) is 0 Å². The summed E-state index contributed by atoms with van der Waals surface area (Å²) in [5, 5.41) is 0. The summed E-state index contributed by atoms with van der Waals surface area (Å²) in [4.78, 5) is 12.6. The van der Waals surface area contributed by atoms with Gasteiger partial charge in [0.05, 0.1) is 18.6 Å². The van der Waals surface area contributed by atoms with E-state index in [4.69, 9.17) is 20.9 Å². The van der Waals surface area contributed by atoms with E-state index < -0.39 is 11.0 Å². The number of carbonyl (C=O) groups is 1. The van der Waals surface area contributed by atoms with E-state index in [1.165, 1.54) is 22.3 Å². The lowest BCUT2D eigenvalue weighted by Gasteiger charge is -2.33. The molecular formula is C31H44N2O3. The fourth-order valence-electron chi connectivity index (χ4n) is 4.60. The Kier molecular flexibility index (Phi) is 9.75. The Hall–Kier alpha value is -2.63. The Morgan fingerprint density at radius 2 is 1.67 bits per heavy atom. The molecule has 1 aliphatic carbocycles. The summed E-state index contributed by atoms with van der Waals surface area (Å²) in [7, 11) is 0. The Morgan fingerprint density at radius 3 is 2.39 bits per heavy atom. The molecule has 0 aromatic heterocycles. The molecule has 0 bridgehead atoms. The third kappa shape index (κ3) is 7.94. The van der Waals surface area contributed by atoms with Crippen LogP contribution in [0.4, 0.5) is 0 Å².